The molecule has 1 saturated heterocycles. The highest BCUT2D eigenvalue weighted by Crippen LogP contribution is 2.32. The van der Waals surface area contributed by atoms with Gasteiger partial charge in [0.1, 0.15) is 0 Å². The standard InChI is InChI=1S/C18H18Cl2N4O2/c1-12(25)23-5-7-24(8-6-23)18(26)13-9-14(11-21-10-13)22-17-15(19)3-2-4-16(17)20/h2-4,9-11,22H,5-8H2,1H3. The Hall–Kier alpha value is -2.31. The van der Waals surface area contributed by atoms with E-state index in [-0.39, 0.29) is 11.8 Å². The smallest absolute Gasteiger partial charge is 0.255 e. The fourth-order valence-electron chi connectivity index (χ4n) is 2.79. The summed E-state index contributed by atoms with van der Waals surface area (Å²) in [6.45, 7) is 3.64. The maximum Gasteiger partial charge on any atom is 0.255 e. The molecule has 2 heterocycles. The highest BCUT2D eigenvalue weighted by molar-refractivity contribution is 6.39. The normalized spacial score (nSPS) is 14.3. The summed E-state index contributed by atoms with van der Waals surface area (Å²) in [5.74, 6) is -0.0869. The van der Waals surface area contributed by atoms with Crippen LogP contribution in [-0.2, 0) is 4.79 Å². The van der Waals surface area contributed by atoms with E-state index < -0.39 is 0 Å². The molecule has 1 aromatic heterocycles. The van der Waals surface area contributed by atoms with Crippen LogP contribution in [0.25, 0.3) is 0 Å². The molecule has 1 aliphatic heterocycles. The van der Waals surface area contributed by atoms with Crippen molar-refractivity contribution in [2.45, 2.75) is 6.92 Å². The van der Waals surface area contributed by atoms with E-state index in [0.29, 0.717) is 53.2 Å². The molecular weight excluding hydrogens is 375 g/mol. The van der Waals surface area contributed by atoms with E-state index in [2.05, 4.69) is 10.3 Å². The van der Waals surface area contributed by atoms with Crippen LogP contribution in [0.1, 0.15) is 17.3 Å². The second-order valence-electron chi connectivity index (χ2n) is 5.98. The van der Waals surface area contributed by atoms with Gasteiger partial charge in [0.15, 0.2) is 0 Å². The van der Waals surface area contributed by atoms with Crippen molar-refractivity contribution in [3.05, 3.63) is 52.3 Å². The Bertz CT molecular complexity index is 815. The van der Waals surface area contributed by atoms with Gasteiger partial charge in [-0.2, -0.15) is 0 Å². The van der Waals surface area contributed by atoms with Crippen molar-refractivity contribution in [1.29, 1.82) is 0 Å². The Labute approximate surface area is 161 Å². The average Bonchev–Trinajstić information content (AvgIpc) is 2.64. The van der Waals surface area contributed by atoms with Gasteiger partial charge in [-0.3, -0.25) is 14.6 Å². The Morgan fingerprint density at radius 1 is 1.04 bits per heavy atom. The van der Waals surface area contributed by atoms with Crippen LogP contribution in [0.2, 0.25) is 10.0 Å². The number of aromatic nitrogens is 1. The molecular formula is C18H18Cl2N4O2. The van der Waals surface area contributed by atoms with E-state index >= 15 is 0 Å². The Kier molecular flexibility index (Phi) is 5.64. The van der Waals surface area contributed by atoms with E-state index in [9.17, 15) is 9.59 Å². The number of carbonyl (C=O) groups is 2. The van der Waals surface area contributed by atoms with Crippen molar-refractivity contribution >= 4 is 46.4 Å². The number of piperazine rings is 1. The molecule has 0 spiro atoms. The quantitative estimate of drug-likeness (QED) is 0.868. The van der Waals surface area contributed by atoms with Crippen LogP contribution in [0.15, 0.2) is 36.7 Å². The number of amides is 2. The van der Waals surface area contributed by atoms with Crippen LogP contribution in [0.4, 0.5) is 11.4 Å². The number of hydrogen-bond donors (Lipinski definition) is 1. The number of pyridine rings is 1. The maximum absolute atomic E-state index is 12.7. The van der Waals surface area contributed by atoms with E-state index in [1.54, 1.807) is 40.3 Å². The van der Waals surface area contributed by atoms with Gasteiger partial charge in [0.25, 0.3) is 5.91 Å². The van der Waals surface area contributed by atoms with Crippen molar-refractivity contribution in [2.75, 3.05) is 31.5 Å². The molecule has 1 aromatic carbocycles. The van der Waals surface area contributed by atoms with Crippen molar-refractivity contribution in [2.24, 2.45) is 0 Å². The number of rotatable bonds is 3. The van der Waals surface area contributed by atoms with Crippen molar-refractivity contribution in [3.8, 4) is 0 Å². The summed E-state index contributed by atoms with van der Waals surface area (Å²) in [6.07, 6.45) is 3.13. The first kappa shape index (κ1) is 18.5. The summed E-state index contributed by atoms with van der Waals surface area (Å²) in [4.78, 5) is 31.7. The summed E-state index contributed by atoms with van der Waals surface area (Å²) in [6, 6.07) is 6.93. The fourth-order valence-corrected chi connectivity index (χ4v) is 3.29. The topological polar surface area (TPSA) is 65.5 Å². The third-order valence-corrected chi connectivity index (χ3v) is 4.86. The van der Waals surface area contributed by atoms with Crippen molar-refractivity contribution in [3.63, 3.8) is 0 Å². The number of nitrogens with zero attached hydrogens (tertiary/aromatic N) is 3. The minimum atomic E-state index is -0.116. The molecule has 136 valence electrons. The molecule has 1 N–H and O–H groups in total. The largest absolute Gasteiger partial charge is 0.352 e. The monoisotopic (exact) mass is 392 g/mol. The highest BCUT2D eigenvalue weighted by Gasteiger charge is 2.23. The molecule has 0 bridgehead atoms. The van der Waals surface area contributed by atoms with E-state index in [1.165, 1.54) is 13.1 Å². The molecule has 26 heavy (non-hydrogen) atoms. The zero-order valence-electron chi connectivity index (χ0n) is 14.2. The van der Waals surface area contributed by atoms with E-state index in [4.69, 9.17) is 23.2 Å². The lowest BCUT2D eigenvalue weighted by Crippen LogP contribution is -2.50. The number of nitrogens with one attached hydrogen (secondary N) is 1. The Morgan fingerprint density at radius 3 is 2.27 bits per heavy atom. The van der Waals surface area contributed by atoms with Crippen molar-refractivity contribution in [1.82, 2.24) is 14.8 Å². The average molecular weight is 393 g/mol. The zero-order chi connectivity index (χ0) is 18.7. The molecule has 0 radical (unpaired) electrons. The van der Waals surface area contributed by atoms with Gasteiger partial charge < -0.3 is 15.1 Å². The van der Waals surface area contributed by atoms with Crippen molar-refractivity contribution < 1.29 is 9.59 Å². The van der Waals surface area contributed by atoms with Gasteiger partial charge in [-0.15, -0.1) is 0 Å². The number of halogens is 2. The lowest BCUT2D eigenvalue weighted by molar-refractivity contribution is -0.130. The highest BCUT2D eigenvalue weighted by atomic mass is 35.5. The fraction of sp³-hybridized carbons (Fsp3) is 0.278. The van der Waals surface area contributed by atoms with E-state index in [1.807, 2.05) is 0 Å². The number of carbonyl (C=O) groups excluding carboxylic acids is 2. The molecule has 1 aliphatic rings. The second kappa shape index (κ2) is 7.93. The van der Waals surface area contributed by atoms with Gasteiger partial charge in [-0.1, -0.05) is 29.3 Å². The third kappa shape index (κ3) is 4.08. The predicted octanol–water partition coefficient (Wildman–Crippen LogP) is 3.44. The first-order chi connectivity index (χ1) is 12.5. The first-order valence-electron chi connectivity index (χ1n) is 8.16. The SMILES string of the molecule is CC(=O)N1CCN(C(=O)c2cncc(Nc3c(Cl)cccc3Cl)c2)CC1. The van der Waals surface area contributed by atoms with Crippen LogP contribution >= 0.6 is 23.2 Å². The minimum Gasteiger partial charge on any atom is -0.352 e. The molecule has 3 rings (SSSR count). The molecule has 0 atom stereocenters. The zero-order valence-corrected chi connectivity index (χ0v) is 15.7. The van der Waals surface area contributed by atoms with Gasteiger partial charge in [-0.05, 0) is 18.2 Å². The minimum absolute atomic E-state index is 0.0292. The van der Waals surface area contributed by atoms with Gasteiger partial charge in [-0.25, -0.2) is 0 Å². The molecule has 8 heteroatoms. The molecule has 1 fully saturated rings. The van der Waals surface area contributed by atoms with Gasteiger partial charge in [0.2, 0.25) is 5.91 Å². The number of hydrogen-bond acceptors (Lipinski definition) is 4. The molecule has 2 amide bonds. The number of anilines is 2. The number of benzene rings is 1. The van der Waals surface area contributed by atoms with Gasteiger partial charge >= 0.3 is 0 Å². The Morgan fingerprint density at radius 2 is 1.65 bits per heavy atom. The summed E-state index contributed by atoms with van der Waals surface area (Å²) in [7, 11) is 0. The number of para-hydroxylation sites is 1. The lowest BCUT2D eigenvalue weighted by atomic mass is 10.2. The first-order valence-corrected chi connectivity index (χ1v) is 8.92. The predicted molar refractivity (Wildman–Crippen MR) is 102 cm³/mol. The summed E-state index contributed by atoms with van der Waals surface area (Å²) in [5, 5.41) is 4.07. The third-order valence-electron chi connectivity index (χ3n) is 4.23. The van der Waals surface area contributed by atoms with E-state index in [0.717, 1.165) is 0 Å². The summed E-state index contributed by atoms with van der Waals surface area (Å²) in [5.41, 5.74) is 1.65. The molecule has 6 nitrogen and oxygen atoms in total. The molecule has 2 aromatic rings. The van der Waals surface area contributed by atoms with Crippen LogP contribution in [0, 0.1) is 0 Å². The van der Waals surface area contributed by atoms with Crippen LogP contribution in [0.3, 0.4) is 0 Å². The van der Waals surface area contributed by atoms with Gasteiger partial charge in [0, 0.05) is 39.3 Å². The van der Waals surface area contributed by atoms with Crippen LogP contribution < -0.4 is 5.32 Å². The molecule has 0 unspecified atom stereocenters. The molecule has 0 saturated carbocycles. The van der Waals surface area contributed by atoms with Crippen LogP contribution in [0.5, 0.6) is 0 Å². The summed E-state index contributed by atoms with van der Waals surface area (Å²) < 4.78 is 0. The van der Waals surface area contributed by atoms with Crippen LogP contribution in [-0.4, -0.2) is 52.8 Å². The summed E-state index contributed by atoms with van der Waals surface area (Å²) >= 11 is 12.3. The Balaban J connectivity index is 1.73. The second-order valence-corrected chi connectivity index (χ2v) is 6.80. The van der Waals surface area contributed by atoms with Gasteiger partial charge in [0.05, 0.1) is 33.2 Å². The lowest BCUT2D eigenvalue weighted by Gasteiger charge is -2.34. The molecule has 0 aliphatic carbocycles. The maximum atomic E-state index is 12.7.